The molecule has 0 aromatic heterocycles. The molecule has 7 heteroatoms. The van der Waals surface area contributed by atoms with E-state index in [1.54, 1.807) is 0 Å². The second kappa shape index (κ2) is 6.53. The third-order valence-corrected chi connectivity index (χ3v) is 2.63. The fourth-order valence-corrected chi connectivity index (χ4v) is 1.55. The average molecular weight is 234 g/mol. The van der Waals surface area contributed by atoms with Crippen molar-refractivity contribution in [3.05, 3.63) is 0 Å². The van der Waals surface area contributed by atoms with Crippen LogP contribution < -0.4 is 0 Å². The first-order valence-electron chi connectivity index (χ1n) is 5.54. The van der Waals surface area contributed by atoms with Crippen molar-refractivity contribution >= 4 is 7.85 Å². The van der Waals surface area contributed by atoms with Crippen molar-refractivity contribution in [1.29, 1.82) is 0 Å². The minimum Gasteiger partial charge on any atom is -0.394 e. The van der Waals surface area contributed by atoms with Gasteiger partial charge in [0.1, 0.15) is 32.3 Å². The molecule has 16 heavy (non-hydrogen) atoms. The predicted molar refractivity (Wildman–Crippen MR) is 57.7 cm³/mol. The molecular weight excluding hydrogens is 215 g/mol. The monoisotopic (exact) mass is 234 g/mol. The zero-order valence-corrected chi connectivity index (χ0v) is 9.32. The molecule has 0 aromatic carbocycles. The van der Waals surface area contributed by atoms with E-state index in [9.17, 15) is 15.3 Å². The average Bonchev–Trinajstić information content (AvgIpc) is 2.29. The van der Waals surface area contributed by atoms with Gasteiger partial charge < -0.3 is 29.9 Å². The van der Waals surface area contributed by atoms with E-state index in [4.69, 9.17) is 14.6 Å². The van der Waals surface area contributed by atoms with Crippen LogP contribution in [0.1, 0.15) is 6.42 Å². The maximum absolute atomic E-state index is 9.58. The summed E-state index contributed by atoms with van der Waals surface area (Å²) in [7, 11) is 2.00. The summed E-state index contributed by atoms with van der Waals surface area (Å²) in [6.45, 7) is -0.0300. The van der Waals surface area contributed by atoms with E-state index in [1.807, 2.05) is 7.85 Å². The van der Waals surface area contributed by atoms with Crippen LogP contribution in [0.5, 0.6) is 0 Å². The summed E-state index contributed by atoms with van der Waals surface area (Å²) in [5.74, 6) is 0. The summed E-state index contributed by atoms with van der Waals surface area (Å²) in [4.78, 5) is 0. The lowest BCUT2D eigenvalue weighted by molar-refractivity contribution is -0.300. The van der Waals surface area contributed by atoms with Crippen LogP contribution in [-0.4, -0.2) is 72.2 Å². The van der Waals surface area contributed by atoms with Gasteiger partial charge in [0, 0.05) is 6.61 Å². The molecule has 1 heterocycles. The zero-order chi connectivity index (χ0) is 12.1. The van der Waals surface area contributed by atoms with E-state index in [-0.39, 0.29) is 0 Å². The number of ether oxygens (including phenoxy) is 2. The quantitative estimate of drug-likeness (QED) is 0.304. The third kappa shape index (κ3) is 3.16. The summed E-state index contributed by atoms with van der Waals surface area (Å²) >= 11 is 0. The smallest absolute Gasteiger partial charge is 0.186 e. The topological polar surface area (TPSA) is 99.4 Å². The van der Waals surface area contributed by atoms with Crippen molar-refractivity contribution < 1.29 is 29.9 Å². The van der Waals surface area contributed by atoms with Gasteiger partial charge in [-0.25, -0.2) is 0 Å². The lowest BCUT2D eigenvalue weighted by Crippen LogP contribution is -2.59. The van der Waals surface area contributed by atoms with Gasteiger partial charge in [0.2, 0.25) is 0 Å². The number of aliphatic hydroxyl groups is 4. The minimum absolute atomic E-state index is 0.402. The fraction of sp³-hybridized carbons (Fsp3) is 1.00. The largest absolute Gasteiger partial charge is 0.394 e. The van der Waals surface area contributed by atoms with Crippen LogP contribution in [0.2, 0.25) is 6.32 Å². The number of hydrogen-bond acceptors (Lipinski definition) is 6. The van der Waals surface area contributed by atoms with E-state index < -0.39 is 37.3 Å². The first-order chi connectivity index (χ1) is 7.61. The molecule has 0 aromatic rings. The van der Waals surface area contributed by atoms with Crippen molar-refractivity contribution in [2.24, 2.45) is 0 Å². The van der Waals surface area contributed by atoms with Crippen LogP contribution >= 0.6 is 0 Å². The number of hydrogen-bond donors (Lipinski definition) is 4. The standard InChI is InChI=1S/C9H19BO6/c10-2-1-3-15-9-8(14)7(13)6(12)5(4-11)16-9/h5-9,11-14H,1-4,10H2/t5-,6-,7+,8+,9?/m1/s1. The Morgan fingerprint density at radius 3 is 2.38 bits per heavy atom. The Morgan fingerprint density at radius 2 is 1.81 bits per heavy atom. The summed E-state index contributed by atoms with van der Waals surface area (Å²) < 4.78 is 10.4. The highest BCUT2D eigenvalue weighted by molar-refractivity contribution is 6.08. The molecule has 1 rings (SSSR count). The second-order valence-corrected chi connectivity index (χ2v) is 3.92. The molecule has 0 spiro atoms. The van der Waals surface area contributed by atoms with Gasteiger partial charge in [-0.3, -0.25) is 0 Å². The molecule has 4 N–H and O–H groups in total. The Kier molecular flexibility index (Phi) is 5.67. The molecule has 5 atom stereocenters. The molecule has 1 aliphatic rings. The Hall–Kier alpha value is -0.175. The van der Waals surface area contributed by atoms with E-state index in [0.717, 1.165) is 12.7 Å². The predicted octanol–water partition coefficient (Wildman–Crippen LogP) is -2.76. The maximum Gasteiger partial charge on any atom is 0.186 e. The Morgan fingerprint density at radius 1 is 1.12 bits per heavy atom. The van der Waals surface area contributed by atoms with Gasteiger partial charge >= 0.3 is 0 Å². The summed E-state index contributed by atoms with van der Waals surface area (Å²) in [6.07, 6.45) is -4.13. The molecular formula is C9H19BO6. The second-order valence-electron chi connectivity index (χ2n) is 3.92. The first kappa shape index (κ1) is 13.9. The van der Waals surface area contributed by atoms with Gasteiger partial charge in [-0.05, 0) is 6.42 Å². The van der Waals surface area contributed by atoms with Crippen molar-refractivity contribution in [1.82, 2.24) is 0 Å². The molecule has 94 valence electrons. The van der Waals surface area contributed by atoms with E-state index in [2.05, 4.69) is 0 Å². The van der Waals surface area contributed by atoms with Gasteiger partial charge in [-0.15, -0.1) is 0 Å². The van der Waals surface area contributed by atoms with Crippen LogP contribution in [0.25, 0.3) is 0 Å². The van der Waals surface area contributed by atoms with Crippen LogP contribution in [0.3, 0.4) is 0 Å². The highest BCUT2D eigenvalue weighted by Gasteiger charge is 2.43. The molecule has 1 unspecified atom stereocenters. The lowest BCUT2D eigenvalue weighted by atomic mass is 9.99. The molecule has 1 fully saturated rings. The summed E-state index contributed by atoms with van der Waals surface area (Å²) in [6, 6.07) is 0. The van der Waals surface area contributed by atoms with Crippen molar-refractivity contribution in [3.63, 3.8) is 0 Å². The molecule has 0 radical (unpaired) electrons. The van der Waals surface area contributed by atoms with Crippen molar-refractivity contribution in [2.75, 3.05) is 13.2 Å². The summed E-state index contributed by atoms with van der Waals surface area (Å²) in [5.41, 5.74) is 0. The van der Waals surface area contributed by atoms with Gasteiger partial charge in [-0.2, -0.15) is 0 Å². The lowest BCUT2D eigenvalue weighted by Gasteiger charge is -2.39. The summed E-state index contributed by atoms with van der Waals surface area (Å²) in [5, 5.41) is 37.5. The zero-order valence-electron chi connectivity index (χ0n) is 9.32. The minimum atomic E-state index is -1.36. The van der Waals surface area contributed by atoms with E-state index in [1.165, 1.54) is 0 Å². The number of aliphatic hydroxyl groups excluding tert-OH is 4. The molecule has 0 bridgehead atoms. The molecule has 6 nitrogen and oxygen atoms in total. The highest BCUT2D eigenvalue weighted by Crippen LogP contribution is 2.21. The van der Waals surface area contributed by atoms with E-state index in [0.29, 0.717) is 6.61 Å². The van der Waals surface area contributed by atoms with Gasteiger partial charge in [-0.1, -0.05) is 6.32 Å². The van der Waals surface area contributed by atoms with Crippen LogP contribution in [0, 0.1) is 0 Å². The molecule has 0 aliphatic carbocycles. The number of rotatable bonds is 5. The Balaban J connectivity index is 2.50. The van der Waals surface area contributed by atoms with E-state index >= 15 is 0 Å². The normalized spacial score (nSPS) is 39.9. The Bertz CT molecular complexity index is 202. The van der Waals surface area contributed by atoms with Gasteiger partial charge in [0.05, 0.1) is 6.61 Å². The third-order valence-electron chi connectivity index (χ3n) is 2.63. The fourth-order valence-electron chi connectivity index (χ4n) is 1.55. The van der Waals surface area contributed by atoms with Gasteiger partial charge in [0.15, 0.2) is 6.29 Å². The van der Waals surface area contributed by atoms with Crippen molar-refractivity contribution in [2.45, 2.75) is 43.4 Å². The first-order valence-corrected chi connectivity index (χ1v) is 5.54. The molecule has 0 amide bonds. The van der Waals surface area contributed by atoms with Crippen molar-refractivity contribution in [3.8, 4) is 0 Å². The van der Waals surface area contributed by atoms with Gasteiger partial charge in [0.25, 0.3) is 0 Å². The van der Waals surface area contributed by atoms with Crippen LogP contribution in [0.4, 0.5) is 0 Å². The SMILES string of the molecule is BCCCOC1O[C@H](CO)[C@@H](O)[C@H](O)[C@@H]1O. The molecule has 1 aliphatic heterocycles. The highest BCUT2D eigenvalue weighted by atomic mass is 16.7. The maximum atomic E-state index is 9.58. The van der Waals surface area contributed by atoms with Crippen LogP contribution in [-0.2, 0) is 9.47 Å². The molecule has 1 saturated heterocycles. The Labute approximate surface area is 95.2 Å². The van der Waals surface area contributed by atoms with Crippen LogP contribution in [0.15, 0.2) is 0 Å². The molecule has 0 saturated carbocycles.